The smallest absolute Gasteiger partial charge is 0.0184 e. The molecule has 0 radical (unpaired) electrons. The van der Waals surface area contributed by atoms with Gasteiger partial charge in [-0.2, -0.15) is 0 Å². The first-order valence-electron chi connectivity index (χ1n) is 4.58. The SMILES string of the molecule is [Br][Bi]([Br])[Br].c1ccc(-c2ccccc2)cc1. The first-order chi connectivity index (χ1) is 7.70. The zero-order valence-corrected chi connectivity index (χ0v) is 16.6. The van der Waals surface area contributed by atoms with Crippen molar-refractivity contribution in [2.45, 2.75) is 0 Å². The summed E-state index contributed by atoms with van der Waals surface area (Å²) in [4.78, 5) is 0. The van der Waals surface area contributed by atoms with Crippen LogP contribution in [-0.2, 0) is 0 Å². The van der Waals surface area contributed by atoms with E-state index in [0.29, 0.717) is 0 Å². The van der Waals surface area contributed by atoms with Crippen molar-refractivity contribution >= 4 is 51.4 Å². The molecule has 0 fully saturated rings. The molecule has 84 valence electrons. The van der Waals surface area contributed by atoms with E-state index in [4.69, 9.17) is 0 Å². The molecule has 0 amide bonds. The maximum absolute atomic E-state index is 3.31. The van der Waals surface area contributed by atoms with Gasteiger partial charge in [0.25, 0.3) is 0 Å². The maximum Gasteiger partial charge on any atom is -0.0184 e. The fraction of sp³-hybridized carbons (Fsp3) is 0. The van der Waals surface area contributed by atoms with Crippen LogP contribution in [0, 0.1) is 0 Å². The van der Waals surface area contributed by atoms with E-state index in [1.807, 2.05) is 12.1 Å². The van der Waals surface area contributed by atoms with Gasteiger partial charge in [0.2, 0.25) is 0 Å². The third-order valence-electron chi connectivity index (χ3n) is 1.88. The molecule has 2 aromatic carbocycles. The predicted molar refractivity (Wildman–Crippen MR) is 84.4 cm³/mol. The molecular weight excluding hydrogens is 593 g/mol. The maximum atomic E-state index is 3.31. The van der Waals surface area contributed by atoms with Crippen molar-refractivity contribution in [1.82, 2.24) is 0 Å². The van der Waals surface area contributed by atoms with Gasteiger partial charge in [0.15, 0.2) is 0 Å². The van der Waals surface area contributed by atoms with Crippen LogP contribution in [0.1, 0.15) is 0 Å². The van der Waals surface area contributed by atoms with E-state index in [1.54, 1.807) is 0 Å². The molecule has 4 heteroatoms. The van der Waals surface area contributed by atoms with E-state index in [2.05, 4.69) is 85.2 Å². The second kappa shape index (κ2) is 8.80. The van der Waals surface area contributed by atoms with Crippen molar-refractivity contribution in [1.29, 1.82) is 0 Å². The molecule has 0 atom stereocenters. The van der Waals surface area contributed by atoms with Gasteiger partial charge >= 0.3 is 51.4 Å². The predicted octanol–water partition coefficient (Wildman–Crippen LogP) is 5.51. The molecule has 0 aliphatic heterocycles. The summed E-state index contributed by atoms with van der Waals surface area (Å²) in [5.74, 6) is 0. The first-order valence-corrected chi connectivity index (χ1v) is 27.2. The Morgan fingerprint density at radius 1 is 0.562 bits per heavy atom. The van der Waals surface area contributed by atoms with E-state index < -0.39 is 14.7 Å². The van der Waals surface area contributed by atoms with Crippen LogP contribution >= 0.6 is 36.7 Å². The molecule has 0 nitrogen and oxygen atoms in total. The molecule has 0 unspecified atom stereocenters. The van der Waals surface area contributed by atoms with E-state index in [9.17, 15) is 0 Å². The largest absolute Gasteiger partial charge is 0.0622 e. The summed E-state index contributed by atoms with van der Waals surface area (Å²) in [5.41, 5.74) is 2.55. The quantitative estimate of drug-likeness (QED) is 0.378. The molecule has 16 heavy (non-hydrogen) atoms. The second-order valence-corrected chi connectivity index (χ2v) is 48.1. The molecule has 0 aromatic heterocycles. The van der Waals surface area contributed by atoms with Crippen molar-refractivity contribution in [2.75, 3.05) is 0 Å². The normalized spacial score (nSPS) is 9.50. The van der Waals surface area contributed by atoms with Gasteiger partial charge < -0.3 is 0 Å². The van der Waals surface area contributed by atoms with Crippen molar-refractivity contribution < 1.29 is 0 Å². The molecule has 0 N–H and O–H groups in total. The van der Waals surface area contributed by atoms with Crippen LogP contribution in [0.4, 0.5) is 0 Å². The van der Waals surface area contributed by atoms with Gasteiger partial charge in [0.1, 0.15) is 0 Å². The van der Waals surface area contributed by atoms with E-state index in [1.165, 1.54) is 11.1 Å². The molecule has 0 saturated heterocycles. The van der Waals surface area contributed by atoms with E-state index >= 15 is 0 Å². The van der Waals surface area contributed by atoms with Crippen LogP contribution in [-0.4, -0.2) is 14.7 Å². The minimum atomic E-state index is -1.16. The van der Waals surface area contributed by atoms with Crippen LogP contribution in [0.15, 0.2) is 60.7 Å². The summed E-state index contributed by atoms with van der Waals surface area (Å²) < 4.78 is 0. The summed E-state index contributed by atoms with van der Waals surface area (Å²) in [6.07, 6.45) is 0. The third-order valence-corrected chi connectivity index (χ3v) is 1.88. The van der Waals surface area contributed by atoms with Gasteiger partial charge in [-0.15, -0.1) is 0 Å². The minimum absolute atomic E-state index is 1.16. The van der Waals surface area contributed by atoms with Crippen molar-refractivity contribution in [2.24, 2.45) is 0 Å². The third kappa shape index (κ3) is 6.49. The van der Waals surface area contributed by atoms with Gasteiger partial charge in [-0.05, 0) is 11.1 Å². The number of halogens is 3. The Kier molecular flexibility index (Phi) is 8.15. The van der Waals surface area contributed by atoms with Gasteiger partial charge in [-0.25, -0.2) is 0 Å². The van der Waals surface area contributed by atoms with Gasteiger partial charge in [-0.3, -0.25) is 0 Å². The molecular formula is C12H10BiBr3. The van der Waals surface area contributed by atoms with Gasteiger partial charge in [0, 0.05) is 0 Å². The van der Waals surface area contributed by atoms with Crippen LogP contribution in [0.5, 0.6) is 0 Å². The number of hydrogen-bond acceptors (Lipinski definition) is 0. The molecule has 0 aliphatic carbocycles. The molecule has 2 aromatic rings. The average molecular weight is 603 g/mol. The van der Waals surface area contributed by atoms with E-state index in [-0.39, 0.29) is 0 Å². The summed E-state index contributed by atoms with van der Waals surface area (Å²) in [7, 11) is 0. The number of benzene rings is 2. The monoisotopic (exact) mass is 600 g/mol. The first kappa shape index (κ1) is 14.8. The van der Waals surface area contributed by atoms with Crippen molar-refractivity contribution in [3.8, 4) is 11.1 Å². The van der Waals surface area contributed by atoms with Crippen molar-refractivity contribution in [3.05, 3.63) is 60.7 Å². The Morgan fingerprint density at radius 2 is 0.812 bits per heavy atom. The number of rotatable bonds is 1. The molecule has 0 spiro atoms. The average Bonchev–Trinajstić information content (AvgIpc) is 2.31. The Hall–Kier alpha value is 0.763. The summed E-state index contributed by atoms with van der Waals surface area (Å²) >= 11 is 8.77. The Labute approximate surface area is 121 Å². The van der Waals surface area contributed by atoms with Gasteiger partial charge in [-0.1, -0.05) is 60.7 Å². The second-order valence-electron chi connectivity index (χ2n) is 2.92. The number of hydrogen-bond donors (Lipinski definition) is 0. The Balaban J connectivity index is 0.000000280. The summed E-state index contributed by atoms with van der Waals surface area (Å²) in [6.45, 7) is 0. The molecule has 0 bridgehead atoms. The topological polar surface area (TPSA) is 0 Å². The van der Waals surface area contributed by atoms with Crippen LogP contribution in [0.2, 0.25) is 0 Å². The fourth-order valence-corrected chi connectivity index (χ4v) is 1.26. The zero-order valence-electron chi connectivity index (χ0n) is 8.35. The van der Waals surface area contributed by atoms with Crippen LogP contribution < -0.4 is 0 Å². The molecule has 0 aliphatic rings. The fourth-order valence-electron chi connectivity index (χ4n) is 1.26. The summed E-state index contributed by atoms with van der Waals surface area (Å²) in [6, 6.07) is 20.8. The van der Waals surface area contributed by atoms with Crippen LogP contribution in [0.3, 0.4) is 0 Å². The summed E-state index contributed by atoms with van der Waals surface area (Å²) in [5, 5.41) is 0. The zero-order chi connectivity index (χ0) is 11.8. The van der Waals surface area contributed by atoms with Crippen molar-refractivity contribution in [3.63, 3.8) is 0 Å². The molecule has 0 heterocycles. The van der Waals surface area contributed by atoms with E-state index in [0.717, 1.165) is 0 Å². The van der Waals surface area contributed by atoms with Gasteiger partial charge in [0.05, 0.1) is 0 Å². The molecule has 0 saturated carbocycles. The Bertz CT molecular complexity index is 349. The standard InChI is InChI=1S/C12H10.Bi.3BrH/c1-3-7-11(8-4-1)12-9-5-2-6-10-12;;;;/h1-10H;;3*1H/q;+3;;;/p-3. The minimum Gasteiger partial charge on any atom is -0.0622 e. The van der Waals surface area contributed by atoms with Crippen LogP contribution in [0.25, 0.3) is 11.1 Å². The Morgan fingerprint density at radius 3 is 1.06 bits per heavy atom. The molecule has 2 rings (SSSR count).